The molecule has 0 bridgehead atoms. The Hall–Kier alpha value is 49.5. The first-order chi connectivity index (χ1) is 36.2. The third kappa shape index (κ3) is 303. The average Bonchev–Trinajstić information content (AvgIpc) is 3.37. The Morgan fingerprint density at radius 1 is 0.264 bits per heavy atom. The summed E-state index contributed by atoms with van der Waals surface area (Å²) < 4.78 is 27.4. The van der Waals surface area contributed by atoms with E-state index in [-0.39, 0.29) is 1400 Å². The molecule has 0 aliphatic rings. The first-order valence-electron chi connectivity index (χ1n) is 19.1. The van der Waals surface area contributed by atoms with E-state index in [4.69, 9.17) is 10.8 Å². The van der Waals surface area contributed by atoms with Crippen molar-refractivity contribution in [1.82, 2.24) is 29.5 Å². The summed E-state index contributed by atoms with van der Waals surface area (Å²) >= 11 is 22.5. The van der Waals surface area contributed by atoms with E-state index in [0.717, 1.165) is 184 Å². The van der Waals surface area contributed by atoms with Gasteiger partial charge in [0, 0.05) is 1370 Å². The molecule has 0 aromatic rings. The van der Waals surface area contributed by atoms with E-state index in [1.165, 1.54) is 214 Å². The van der Waals surface area contributed by atoms with Gasteiger partial charge in [0.1, 0.15) is 0 Å². The van der Waals surface area contributed by atoms with Crippen molar-refractivity contribution in [1.29, 1.82) is 0 Å². The second kappa shape index (κ2) is 368. The molecule has 0 unspecified atom stereocenters. The molecule has 144 heavy (non-hydrogen) atoms. The number of rotatable bonds is 23. The maximum atomic E-state index is 11.6. The van der Waals surface area contributed by atoms with Gasteiger partial charge >= 0.3 is 664 Å². The molecule has 20 nitrogen and oxygen atoms in total. The monoisotopic (exact) mass is 16100 g/mol. The number of nitrogens with zero attached hydrogens (tertiary/aromatic N) is 14. The Labute approximate surface area is 1980 Å². The standard InChI is InChI=1S/C9H10NO.C8H9N3O.2C7H7N2O.C5H4N3O.C4H3N3O.CH4.83W/c1-5-9(8(3)4)10(6-2)7-11;1-4-7(12)11(5-2)8(10)6(3)9;1-4-9(5-10)7(8)6(2)3;1-4-7(8-3)9(5-2)6-10;1-3-5(7-2)8(6)4-9;1-2-7(3-8)4(5)6;;;;;;;;;;;;;;;;;;;;;;;;;;;;;;;;;;;;;;;;;;;;;;;;;;;;;;;;;;;;;;;;;;;;;;;;;;;;;;;;;;;;/h3H,1-2,4H3;1-3H3;2H,1,3H3;3H,1-2H3;2H,1H3;1H3;1H4;;;;;;;;;;;;;;;;;;;;;;;;;;;;;;;;;;;;;;;;;;;;;;;;;;;;;;;;;;;;;;;;;;;;;;;;;;;;;;;;;;;/q-1;-2;3*-1;-2;;;;;;;;;;;;;;;;;;;;;;;;;;;;;;;;;;;;;;;;;;;;;;;;;;;;;;;;;;;;;;;;;;;;;;;;;;;;;;;;;;;;. The van der Waals surface area contributed by atoms with Gasteiger partial charge in [0.25, 0.3) is 0 Å². The van der Waals surface area contributed by atoms with Crippen LogP contribution in [0.1, 0.15) is 90.5 Å². The minimum atomic E-state index is -0.386. The molecule has 0 spiro atoms. The number of hydrogen-bond donors (Lipinski definition) is 0. The molecule has 0 aliphatic carbocycles. The molecule has 6 amide bonds. The molecule has 0 heterocycles. The SMILES string of the molecule is C.CC(=[N-])C(=[N-])N(C(=O)[C](C)=[W])[C](C)=[W].C[C](=[W])C(=C(C)[CH]=[W])N([C-]=O)[C](C)=[W].C[C](=[W])C(=N[CH]=[W])N([C-]=O)[C](C)=[W].C[C](=[W])C(=N[CH]=[W])N([C-]=O)[N]=[W].C[C](=[W])N([C-]=O)C(=[N-])[N]=[W].C[C](=[W])N([C-]=O)C([N]=[W])=C(C)[CH]=[W].[W].[W].[W].[W].[W].[W].[W].[W].[W].[W].[W].[W].[W].[W].[W].[W].[W].[W].[W].[W].[W].[W].[W].[W].[W].[W].[W].[W].[W].[W].[W].[W].[W].[W].[W].[W].[W].[W].[W].[W].[W].[W].[W].[W].[W].[W].[W].[W].[W].[W].[W].[W].[W].[W].[W].[W].[W].[W].[W].[W].[W].[W].[W].[W].[W].[W]=[W]. The van der Waals surface area contributed by atoms with Gasteiger partial charge in [-0.2, -0.15) is 0 Å². The van der Waals surface area contributed by atoms with Crippen LogP contribution in [0.3, 0.4) is 0 Å². The average molecular weight is 16100 g/mol. The summed E-state index contributed by atoms with van der Waals surface area (Å²) in [5, 5.41) is 28.7. The van der Waals surface area contributed by atoms with E-state index in [1.807, 2.05) is 72.1 Å². The zero-order valence-corrected chi connectivity index (χ0v) is 312. The third-order valence-electron chi connectivity index (χ3n) is 6.76. The van der Waals surface area contributed by atoms with Crippen LogP contribution in [0, 0.1) is 0 Å². The number of allylic oxidation sites excluding steroid dienone is 3. The Morgan fingerprint density at radius 2 is 0.465 bits per heavy atom. The number of guanidine groups is 1. The zero-order chi connectivity index (χ0) is 63.3. The predicted molar refractivity (Wildman–Crippen MR) is 250 cm³/mol. The molecule has 0 rings (SSSR count). The Kier molecular flexibility index (Phi) is 1260. The van der Waals surface area contributed by atoms with Gasteiger partial charge in [0.05, 0.1) is 0 Å². The Bertz CT molecular complexity index is 2610. The van der Waals surface area contributed by atoms with Crippen LogP contribution in [-0.2, 0) is 1740 Å². The van der Waals surface area contributed by atoms with Gasteiger partial charge in [0.15, 0.2) is 0 Å². The molecule has 0 fully saturated rings. The number of carbonyl (C=O) groups excluding carboxylic acids is 6. The van der Waals surface area contributed by atoms with Gasteiger partial charge in [-0.25, -0.2) is 0 Å². The van der Waals surface area contributed by atoms with Crippen molar-refractivity contribution in [2.45, 2.75) is 90.5 Å². The van der Waals surface area contributed by atoms with Crippen molar-refractivity contribution in [3.63, 3.8) is 0 Å². The summed E-state index contributed by atoms with van der Waals surface area (Å²) in [6.45, 7) is 22.2. The van der Waals surface area contributed by atoms with E-state index in [1.54, 1.807) is 80.0 Å². The van der Waals surface area contributed by atoms with Crippen molar-refractivity contribution >= 4 is 121 Å². The summed E-state index contributed by atoms with van der Waals surface area (Å²) in [4.78, 5) is 79.3. The Morgan fingerprint density at radius 3 is 0.576 bits per heavy atom. The molecule has 820 valence electrons. The first-order valence-corrected chi connectivity index (χ1v) is 54.0. The van der Waals surface area contributed by atoms with Crippen LogP contribution in [0.15, 0.2) is 43.2 Å². The molecule has 0 saturated heterocycles. The first kappa shape index (κ1) is 494. The van der Waals surface area contributed by atoms with Gasteiger partial charge in [-0.1, -0.05) is 7.43 Å². The molecule has 0 atom stereocenters. The molecule has 0 aliphatic heterocycles. The number of amides is 6. The van der Waals surface area contributed by atoms with Crippen LogP contribution in [0.5, 0.6) is 0 Å². The molecule has 0 N–H and O–H groups in total. The molecule has 103 heteroatoms. The maximum absolute atomic E-state index is 11.6. The van der Waals surface area contributed by atoms with Crippen LogP contribution >= 0.6 is 0 Å². The summed E-state index contributed by atoms with van der Waals surface area (Å²) in [7, 11) is 0. The molecule has 0 radical (unpaired) electrons. The molecule has 0 aromatic carbocycles. The topological polar surface area (TPSA) is 251 Å². The molecule has 0 aromatic heterocycles. The summed E-state index contributed by atoms with van der Waals surface area (Å²) in [5.41, 5.74) is 2.97. The minimum absolute atomic E-state index is 0. The van der Waals surface area contributed by atoms with Crippen molar-refractivity contribution in [2.24, 2.45) is 20.6 Å². The van der Waals surface area contributed by atoms with Crippen molar-refractivity contribution in [3.05, 3.63) is 38.9 Å². The van der Waals surface area contributed by atoms with E-state index in [2.05, 4.69) is 31.9 Å². The van der Waals surface area contributed by atoms with Gasteiger partial charge in [-0.15, -0.1) is 0 Å². The van der Waals surface area contributed by atoms with Crippen LogP contribution < -0.4 is 0 Å². The summed E-state index contributed by atoms with van der Waals surface area (Å²) in [6.07, 6.45) is 9.02. The Balaban J connectivity index is -0.00000000541. The number of amidine groups is 3. The van der Waals surface area contributed by atoms with Crippen LogP contribution in [-0.4, -0.2) is 150 Å². The number of hydrogen-bond acceptors (Lipinski definition) is 10. The summed E-state index contributed by atoms with van der Waals surface area (Å²) in [6, 6.07) is 0. The van der Waals surface area contributed by atoms with E-state index >= 15 is 0 Å². The number of aliphatic imine (C=N–C) groups is 2. The fourth-order valence-corrected chi connectivity index (χ4v) is 11.2. The summed E-state index contributed by atoms with van der Waals surface area (Å²) in [5.74, 6) is 1.13. The van der Waals surface area contributed by atoms with Gasteiger partial charge < -0.3 is 0 Å². The zero-order valence-electron chi connectivity index (χ0n) is 68.9. The second-order valence-electron chi connectivity index (χ2n) is 12.4. The van der Waals surface area contributed by atoms with Crippen LogP contribution in [0.2, 0.25) is 0 Å². The van der Waals surface area contributed by atoms with E-state index in [9.17, 15) is 34.2 Å². The fraction of sp³-hybridized carbons (Fsp3) is 0.317. The van der Waals surface area contributed by atoms with Gasteiger partial charge in [-0.05, 0) is 0 Å². The normalized spacial score (nSPS) is 5.39. The quantitative estimate of drug-likeness (QED) is 0.0453. The third-order valence-corrected chi connectivity index (χ3v) is 17.8. The molecular weight excluding hydrogens is 16000 g/mol. The second-order valence-corrected chi connectivity index (χ2v) is 37.0. The van der Waals surface area contributed by atoms with Crippen molar-refractivity contribution in [3.8, 4) is 0 Å². The molecular formula is C41H44N14O6W83-8. The van der Waals surface area contributed by atoms with E-state index in [0.29, 0.717) is 13.8 Å². The molecule has 0 saturated carbocycles. The fourth-order valence-electron chi connectivity index (χ4n) is 3.58. The van der Waals surface area contributed by atoms with E-state index < -0.39 is 0 Å². The van der Waals surface area contributed by atoms with Crippen LogP contribution in [0.4, 0.5) is 0 Å². The number of carbonyl (C=O) groups is 1. The van der Waals surface area contributed by atoms with Gasteiger partial charge in [-0.3, -0.25) is 0 Å². The van der Waals surface area contributed by atoms with Crippen molar-refractivity contribution in [2.75, 3.05) is 0 Å². The van der Waals surface area contributed by atoms with Crippen molar-refractivity contribution < 1.29 is 1740 Å². The van der Waals surface area contributed by atoms with Gasteiger partial charge in [0.2, 0.25) is 0 Å². The predicted octanol–water partition coefficient (Wildman–Crippen LogP) is 0.144. The van der Waals surface area contributed by atoms with Crippen LogP contribution in [0.25, 0.3) is 16.2 Å².